The highest BCUT2D eigenvalue weighted by Crippen LogP contribution is 2.11. The number of benzene rings is 2. The fraction of sp³-hybridized carbons (Fsp3) is 0. The highest BCUT2D eigenvalue weighted by Gasteiger charge is 2.09. The van der Waals surface area contributed by atoms with Crippen molar-refractivity contribution in [3.8, 4) is 0 Å². The smallest absolute Gasteiger partial charge is 0.268 e. The fourth-order valence-electron chi connectivity index (χ4n) is 1.75. The van der Waals surface area contributed by atoms with Gasteiger partial charge in [0.2, 0.25) is 0 Å². The summed E-state index contributed by atoms with van der Waals surface area (Å²) < 4.78 is 13.0. The molecule has 2 N–H and O–H groups in total. The zero-order valence-corrected chi connectivity index (χ0v) is 12.2. The number of hydrazine groups is 1. The van der Waals surface area contributed by atoms with E-state index in [1.807, 2.05) is 0 Å². The largest absolute Gasteiger partial charge is 0.269 e. The average molecular weight is 329 g/mol. The molecule has 0 saturated carbocycles. The van der Waals surface area contributed by atoms with Crippen LogP contribution in [0.15, 0.2) is 54.6 Å². The summed E-state index contributed by atoms with van der Waals surface area (Å²) in [5.74, 6) is -1.67. The first-order valence-corrected chi connectivity index (χ1v) is 6.74. The molecule has 24 heavy (non-hydrogen) atoms. The van der Waals surface area contributed by atoms with E-state index in [2.05, 4.69) is 10.9 Å². The van der Waals surface area contributed by atoms with Crippen molar-refractivity contribution in [1.29, 1.82) is 0 Å². The zero-order chi connectivity index (χ0) is 17.5. The van der Waals surface area contributed by atoms with Crippen LogP contribution in [-0.4, -0.2) is 16.7 Å². The number of carbonyl (C=O) groups excluding carboxylic acids is 2. The van der Waals surface area contributed by atoms with E-state index in [-0.39, 0.29) is 11.3 Å². The summed E-state index contributed by atoms with van der Waals surface area (Å²) in [4.78, 5) is 33.3. The predicted molar refractivity (Wildman–Crippen MR) is 84.1 cm³/mol. The summed E-state index contributed by atoms with van der Waals surface area (Å²) in [6.07, 6.45) is 2.52. The number of nitro benzene ring substituents is 1. The number of nitro groups is 1. The van der Waals surface area contributed by atoms with Gasteiger partial charge in [-0.1, -0.05) is 12.1 Å². The molecule has 0 spiro atoms. The maximum atomic E-state index is 13.0. The second kappa shape index (κ2) is 7.63. The minimum absolute atomic E-state index is 0.145. The maximum Gasteiger partial charge on any atom is 0.269 e. The first-order valence-electron chi connectivity index (χ1n) is 6.74. The lowest BCUT2D eigenvalue weighted by atomic mass is 10.2. The highest BCUT2D eigenvalue weighted by molar-refractivity contribution is 5.98. The molecule has 0 atom stereocenters. The van der Waals surface area contributed by atoms with Gasteiger partial charge < -0.3 is 0 Å². The minimum atomic E-state index is -0.627. The van der Waals surface area contributed by atoms with Gasteiger partial charge in [-0.3, -0.25) is 30.6 Å². The lowest BCUT2D eigenvalue weighted by Gasteiger charge is -2.05. The number of non-ortho nitro benzene ring substituents is 1. The Morgan fingerprint density at radius 3 is 2.42 bits per heavy atom. The topological polar surface area (TPSA) is 101 Å². The Kier molecular flexibility index (Phi) is 5.35. The molecule has 0 heterocycles. The zero-order valence-electron chi connectivity index (χ0n) is 12.2. The molecule has 8 heteroatoms. The van der Waals surface area contributed by atoms with E-state index in [9.17, 15) is 24.1 Å². The van der Waals surface area contributed by atoms with Crippen LogP contribution in [0.5, 0.6) is 0 Å². The molecule has 0 aliphatic rings. The molecule has 2 rings (SSSR count). The van der Waals surface area contributed by atoms with Crippen LogP contribution >= 0.6 is 0 Å². The van der Waals surface area contributed by atoms with Crippen molar-refractivity contribution in [1.82, 2.24) is 10.9 Å². The van der Waals surface area contributed by atoms with Crippen molar-refractivity contribution in [2.75, 3.05) is 0 Å². The van der Waals surface area contributed by atoms with Crippen LogP contribution in [0.2, 0.25) is 0 Å². The first-order chi connectivity index (χ1) is 11.5. The normalized spacial score (nSPS) is 10.4. The molecule has 122 valence electrons. The number of halogens is 1. The van der Waals surface area contributed by atoms with Crippen molar-refractivity contribution in [3.05, 3.63) is 81.7 Å². The number of amides is 2. The van der Waals surface area contributed by atoms with Crippen LogP contribution < -0.4 is 10.9 Å². The quantitative estimate of drug-likeness (QED) is 0.510. The van der Waals surface area contributed by atoms with Crippen LogP contribution in [0.4, 0.5) is 10.1 Å². The van der Waals surface area contributed by atoms with E-state index in [0.717, 1.165) is 6.08 Å². The lowest BCUT2D eigenvalue weighted by Crippen LogP contribution is -2.40. The van der Waals surface area contributed by atoms with Gasteiger partial charge in [-0.05, 0) is 35.9 Å². The number of carbonyl (C=O) groups is 2. The van der Waals surface area contributed by atoms with Crippen molar-refractivity contribution in [2.24, 2.45) is 0 Å². The maximum absolute atomic E-state index is 13.0. The summed E-state index contributed by atoms with van der Waals surface area (Å²) >= 11 is 0. The van der Waals surface area contributed by atoms with Gasteiger partial charge in [-0.2, -0.15) is 0 Å². The molecule has 0 saturated heterocycles. The number of nitrogens with one attached hydrogen (secondary N) is 2. The lowest BCUT2D eigenvalue weighted by molar-refractivity contribution is -0.384. The third-order valence-electron chi connectivity index (χ3n) is 2.92. The number of hydrogen-bond donors (Lipinski definition) is 2. The molecule has 7 nitrogen and oxygen atoms in total. The second-order valence-corrected chi connectivity index (χ2v) is 4.64. The van der Waals surface area contributed by atoms with Crippen LogP contribution in [0, 0.1) is 15.9 Å². The summed E-state index contributed by atoms with van der Waals surface area (Å²) in [6.45, 7) is 0. The van der Waals surface area contributed by atoms with E-state index in [0.29, 0.717) is 5.56 Å². The monoisotopic (exact) mass is 329 g/mol. The standard InChI is InChI=1S/C16H12FN3O4/c17-13-3-1-2-11(10-13)4-9-15(21)18-19-16(22)12-5-7-14(8-6-12)20(23)24/h1-10H,(H,18,21)(H,19,22)/b9-4+. The highest BCUT2D eigenvalue weighted by atomic mass is 19.1. The van der Waals surface area contributed by atoms with E-state index >= 15 is 0 Å². The molecule has 2 aromatic rings. The van der Waals surface area contributed by atoms with Gasteiger partial charge in [0.15, 0.2) is 0 Å². The number of nitrogens with zero attached hydrogens (tertiary/aromatic N) is 1. The SMILES string of the molecule is O=C(/C=C/c1cccc(F)c1)NNC(=O)c1ccc([N+](=O)[O-])cc1. The fourth-order valence-corrected chi connectivity index (χ4v) is 1.75. The van der Waals surface area contributed by atoms with Crippen LogP contribution in [0.1, 0.15) is 15.9 Å². The molecule has 0 bridgehead atoms. The molecule has 0 aliphatic carbocycles. The Bertz CT molecular complexity index is 803. The molecule has 0 aromatic heterocycles. The van der Waals surface area contributed by atoms with Gasteiger partial charge in [-0.15, -0.1) is 0 Å². The Hall–Kier alpha value is -3.55. The van der Waals surface area contributed by atoms with E-state index in [1.165, 1.54) is 48.5 Å². The van der Waals surface area contributed by atoms with Gasteiger partial charge in [0.1, 0.15) is 5.82 Å². The second-order valence-electron chi connectivity index (χ2n) is 4.64. The molecular weight excluding hydrogens is 317 g/mol. The third kappa shape index (κ3) is 4.73. The summed E-state index contributed by atoms with van der Waals surface area (Å²) in [5, 5.41) is 10.5. The molecule has 0 radical (unpaired) electrons. The predicted octanol–water partition coefficient (Wildman–Crippen LogP) is 2.21. The average Bonchev–Trinajstić information content (AvgIpc) is 2.58. The van der Waals surface area contributed by atoms with Gasteiger partial charge in [0.25, 0.3) is 17.5 Å². The molecule has 0 aliphatic heterocycles. The number of rotatable bonds is 4. The minimum Gasteiger partial charge on any atom is -0.268 e. The number of hydrogen-bond acceptors (Lipinski definition) is 4. The summed E-state index contributed by atoms with van der Waals surface area (Å²) in [6, 6.07) is 10.5. The van der Waals surface area contributed by atoms with Crippen molar-refractivity contribution < 1.29 is 18.9 Å². The van der Waals surface area contributed by atoms with Gasteiger partial charge in [0, 0.05) is 23.8 Å². The Morgan fingerprint density at radius 1 is 1.08 bits per heavy atom. The molecule has 2 aromatic carbocycles. The molecular formula is C16H12FN3O4. The van der Waals surface area contributed by atoms with E-state index < -0.39 is 22.6 Å². The summed E-state index contributed by atoms with van der Waals surface area (Å²) in [5.41, 5.74) is 4.81. The molecule has 0 fully saturated rings. The Morgan fingerprint density at radius 2 is 1.79 bits per heavy atom. The molecule has 0 unspecified atom stereocenters. The van der Waals surface area contributed by atoms with Crippen LogP contribution in [0.25, 0.3) is 6.08 Å². The third-order valence-corrected chi connectivity index (χ3v) is 2.92. The van der Waals surface area contributed by atoms with E-state index in [1.54, 1.807) is 6.07 Å². The van der Waals surface area contributed by atoms with E-state index in [4.69, 9.17) is 0 Å². The summed E-state index contributed by atoms with van der Waals surface area (Å²) in [7, 11) is 0. The van der Waals surface area contributed by atoms with Gasteiger partial charge >= 0.3 is 0 Å². The Balaban J connectivity index is 1.89. The first kappa shape index (κ1) is 16.8. The van der Waals surface area contributed by atoms with Crippen molar-refractivity contribution in [3.63, 3.8) is 0 Å². The van der Waals surface area contributed by atoms with Gasteiger partial charge in [0.05, 0.1) is 4.92 Å². The molecule has 2 amide bonds. The Labute approximate surface area is 135 Å². The van der Waals surface area contributed by atoms with Gasteiger partial charge in [-0.25, -0.2) is 4.39 Å². The van der Waals surface area contributed by atoms with Crippen molar-refractivity contribution in [2.45, 2.75) is 0 Å². The van der Waals surface area contributed by atoms with Crippen molar-refractivity contribution >= 4 is 23.6 Å². The van der Waals surface area contributed by atoms with Crippen LogP contribution in [-0.2, 0) is 4.79 Å². The van der Waals surface area contributed by atoms with Crippen LogP contribution in [0.3, 0.4) is 0 Å².